The molecule has 1 aromatic heterocycles. The highest BCUT2D eigenvalue weighted by molar-refractivity contribution is 5.85. The third-order valence-electron chi connectivity index (χ3n) is 4.66. The van der Waals surface area contributed by atoms with Crippen molar-refractivity contribution in [2.45, 2.75) is 52.3 Å². The number of nitrogens with two attached hydrogens (primary N) is 1. The third-order valence-corrected chi connectivity index (χ3v) is 4.66. The first kappa shape index (κ1) is 15.4. The van der Waals surface area contributed by atoms with Crippen LogP contribution in [0.3, 0.4) is 0 Å². The van der Waals surface area contributed by atoms with Crippen LogP contribution < -0.4 is 5.73 Å². The van der Waals surface area contributed by atoms with E-state index in [9.17, 15) is 0 Å². The molecule has 1 heterocycles. The zero-order valence-electron chi connectivity index (χ0n) is 11.3. The van der Waals surface area contributed by atoms with Crippen molar-refractivity contribution in [1.29, 1.82) is 0 Å². The largest absolute Gasteiger partial charge is 0.390 e. The molecular formula is C12H23ClN4O. The molecule has 0 aromatic carbocycles. The van der Waals surface area contributed by atoms with Crippen LogP contribution in [0.2, 0.25) is 0 Å². The minimum absolute atomic E-state index is 0. The first-order valence-corrected chi connectivity index (χ1v) is 6.15. The topological polar surface area (TPSA) is 77.0 Å². The van der Waals surface area contributed by atoms with E-state index in [1.54, 1.807) is 0 Å². The van der Waals surface area contributed by atoms with Crippen LogP contribution in [0.1, 0.15) is 39.3 Å². The fourth-order valence-corrected chi connectivity index (χ4v) is 2.67. The van der Waals surface area contributed by atoms with Crippen molar-refractivity contribution in [3.05, 3.63) is 11.9 Å². The second kappa shape index (κ2) is 5.15. The maximum absolute atomic E-state index is 8.96. The van der Waals surface area contributed by atoms with Gasteiger partial charge >= 0.3 is 0 Å². The van der Waals surface area contributed by atoms with E-state index in [0.29, 0.717) is 11.6 Å². The Bertz CT molecular complexity index is 403. The van der Waals surface area contributed by atoms with Gasteiger partial charge in [-0.3, -0.25) is 4.68 Å². The number of hydrogen-bond donors (Lipinski definition) is 2. The standard InChI is InChI=1S/C12H22N4O.ClH/c1-11(2)9(4-5-12(11,3)13)6-16-7-10(8-17)14-15-16;/h7,9,17H,4-6,8,13H2,1-3H3;1H/t9-,12-;/m1./s1. The average molecular weight is 275 g/mol. The van der Waals surface area contributed by atoms with Gasteiger partial charge in [-0.05, 0) is 31.1 Å². The van der Waals surface area contributed by atoms with E-state index in [-0.39, 0.29) is 30.0 Å². The molecule has 1 fully saturated rings. The SMILES string of the molecule is CC1(C)[C@@H](Cn2cc(CO)nn2)CC[C@@]1(C)N.Cl. The van der Waals surface area contributed by atoms with Gasteiger partial charge in [0, 0.05) is 12.1 Å². The molecule has 1 saturated carbocycles. The van der Waals surface area contributed by atoms with Gasteiger partial charge in [-0.2, -0.15) is 0 Å². The van der Waals surface area contributed by atoms with Crippen LogP contribution in [0.5, 0.6) is 0 Å². The summed E-state index contributed by atoms with van der Waals surface area (Å²) in [6.07, 6.45) is 3.97. The van der Waals surface area contributed by atoms with E-state index in [4.69, 9.17) is 10.8 Å². The quantitative estimate of drug-likeness (QED) is 0.872. The molecular weight excluding hydrogens is 252 g/mol. The predicted molar refractivity (Wildman–Crippen MR) is 72.3 cm³/mol. The Hall–Kier alpha value is -0.650. The fraction of sp³-hybridized carbons (Fsp3) is 0.833. The minimum atomic E-state index is -0.113. The summed E-state index contributed by atoms with van der Waals surface area (Å²) in [5.41, 5.74) is 6.95. The van der Waals surface area contributed by atoms with Gasteiger partial charge in [0.05, 0.1) is 12.8 Å². The van der Waals surface area contributed by atoms with E-state index < -0.39 is 0 Å². The zero-order valence-corrected chi connectivity index (χ0v) is 12.1. The summed E-state index contributed by atoms with van der Waals surface area (Å²) in [5, 5.41) is 16.9. The number of aliphatic hydroxyl groups is 1. The van der Waals surface area contributed by atoms with Crippen molar-refractivity contribution in [3.8, 4) is 0 Å². The van der Waals surface area contributed by atoms with Gasteiger partial charge in [0.1, 0.15) is 5.69 Å². The number of aliphatic hydroxyl groups excluding tert-OH is 1. The Labute approximate surface area is 114 Å². The molecule has 2 atom stereocenters. The third kappa shape index (κ3) is 2.53. The lowest BCUT2D eigenvalue weighted by Gasteiger charge is -2.38. The number of aromatic nitrogens is 3. The summed E-state index contributed by atoms with van der Waals surface area (Å²) in [6, 6.07) is 0. The molecule has 0 aliphatic heterocycles. The molecule has 1 aliphatic rings. The van der Waals surface area contributed by atoms with Crippen LogP contribution in [0.4, 0.5) is 0 Å². The smallest absolute Gasteiger partial charge is 0.108 e. The van der Waals surface area contributed by atoms with Crippen molar-refractivity contribution in [2.24, 2.45) is 17.1 Å². The number of nitrogens with zero attached hydrogens (tertiary/aromatic N) is 3. The number of rotatable bonds is 3. The molecule has 6 heteroatoms. The van der Waals surface area contributed by atoms with E-state index in [0.717, 1.165) is 19.4 Å². The van der Waals surface area contributed by atoms with Crippen LogP contribution in [0, 0.1) is 11.3 Å². The highest BCUT2D eigenvalue weighted by Crippen LogP contribution is 2.49. The molecule has 3 N–H and O–H groups in total. The van der Waals surface area contributed by atoms with Gasteiger partial charge < -0.3 is 10.8 Å². The molecule has 0 spiro atoms. The zero-order chi connectivity index (χ0) is 12.7. The van der Waals surface area contributed by atoms with Crippen molar-refractivity contribution < 1.29 is 5.11 Å². The van der Waals surface area contributed by atoms with Crippen molar-refractivity contribution >= 4 is 12.4 Å². The molecule has 1 aromatic rings. The first-order valence-electron chi connectivity index (χ1n) is 6.15. The highest BCUT2D eigenvalue weighted by atomic mass is 35.5. The molecule has 1 aliphatic carbocycles. The van der Waals surface area contributed by atoms with Gasteiger partial charge in [0.15, 0.2) is 0 Å². The molecule has 0 unspecified atom stereocenters. The second-order valence-electron chi connectivity index (χ2n) is 5.96. The lowest BCUT2D eigenvalue weighted by molar-refractivity contribution is 0.147. The predicted octanol–water partition coefficient (Wildman–Crippen LogP) is 1.35. The minimum Gasteiger partial charge on any atom is -0.390 e. The summed E-state index contributed by atoms with van der Waals surface area (Å²) >= 11 is 0. The van der Waals surface area contributed by atoms with Gasteiger partial charge in [0.25, 0.3) is 0 Å². The molecule has 0 amide bonds. The van der Waals surface area contributed by atoms with Gasteiger partial charge in [-0.1, -0.05) is 19.1 Å². The highest BCUT2D eigenvalue weighted by Gasteiger charge is 2.49. The van der Waals surface area contributed by atoms with E-state index in [1.807, 2.05) is 10.9 Å². The Balaban J connectivity index is 0.00000162. The van der Waals surface area contributed by atoms with Gasteiger partial charge in [0.2, 0.25) is 0 Å². The summed E-state index contributed by atoms with van der Waals surface area (Å²) in [5.74, 6) is 0.505. The van der Waals surface area contributed by atoms with Crippen molar-refractivity contribution in [3.63, 3.8) is 0 Å². The van der Waals surface area contributed by atoms with Crippen molar-refractivity contribution in [2.75, 3.05) is 0 Å². The van der Waals surface area contributed by atoms with Gasteiger partial charge in [-0.25, -0.2) is 0 Å². The Morgan fingerprint density at radius 1 is 1.50 bits per heavy atom. The van der Waals surface area contributed by atoms with Crippen LogP contribution >= 0.6 is 12.4 Å². The lowest BCUT2D eigenvalue weighted by Crippen LogP contribution is -2.48. The van der Waals surface area contributed by atoms with Gasteiger partial charge in [-0.15, -0.1) is 17.5 Å². The monoisotopic (exact) mass is 274 g/mol. The Morgan fingerprint density at radius 3 is 2.61 bits per heavy atom. The Kier molecular flexibility index (Phi) is 4.41. The normalized spacial score (nSPS) is 30.2. The maximum Gasteiger partial charge on any atom is 0.108 e. The first-order chi connectivity index (χ1) is 7.87. The van der Waals surface area contributed by atoms with Crippen LogP contribution in [0.15, 0.2) is 6.20 Å². The summed E-state index contributed by atoms with van der Waals surface area (Å²) in [6.45, 7) is 7.37. The summed E-state index contributed by atoms with van der Waals surface area (Å²) in [7, 11) is 0. The number of hydrogen-bond acceptors (Lipinski definition) is 4. The van der Waals surface area contributed by atoms with E-state index in [2.05, 4.69) is 31.1 Å². The van der Waals surface area contributed by atoms with Crippen LogP contribution in [0.25, 0.3) is 0 Å². The molecule has 104 valence electrons. The maximum atomic E-state index is 8.96. The molecule has 0 bridgehead atoms. The van der Waals surface area contributed by atoms with E-state index >= 15 is 0 Å². The molecule has 18 heavy (non-hydrogen) atoms. The lowest BCUT2D eigenvalue weighted by atomic mass is 9.72. The molecule has 0 saturated heterocycles. The second-order valence-corrected chi connectivity index (χ2v) is 5.96. The molecule has 0 radical (unpaired) electrons. The van der Waals surface area contributed by atoms with Crippen molar-refractivity contribution in [1.82, 2.24) is 15.0 Å². The number of halogens is 1. The summed E-state index contributed by atoms with van der Waals surface area (Å²) < 4.78 is 1.82. The molecule has 2 rings (SSSR count). The average Bonchev–Trinajstić information content (AvgIpc) is 2.77. The molecule has 5 nitrogen and oxygen atoms in total. The van der Waals surface area contributed by atoms with Crippen LogP contribution in [-0.2, 0) is 13.2 Å². The Morgan fingerprint density at radius 2 is 2.17 bits per heavy atom. The summed E-state index contributed by atoms with van der Waals surface area (Å²) in [4.78, 5) is 0. The van der Waals surface area contributed by atoms with Crippen LogP contribution in [-0.4, -0.2) is 25.6 Å². The van der Waals surface area contributed by atoms with E-state index in [1.165, 1.54) is 0 Å². The fourth-order valence-electron chi connectivity index (χ4n) is 2.67.